The Balaban J connectivity index is 2.87. The summed E-state index contributed by atoms with van der Waals surface area (Å²) in [6.45, 7) is -0.0541. The van der Waals surface area contributed by atoms with Crippen LogP contribution in [0.5, 0.6) is 0 Å². The minimum atomic E-state index is -0.861. The largest absolute Gasteiger partial charge is 0.328 e. The van der Waals surface area contributed by atoms with Gasteiger partial charge in [0.1, 0.15) is 0 Å². The quantitative estimate of drug-likeness (QED) is 0.413. The Labute approximate surface area is 83.0 Å². The second-order valence-electron chi connectivity index (χ2n) is 2.53. The zero-order chi connectivity index (χ0) is 10.0. The zero-order valence-electron chi connectivity index (χ0n) is 6.77. The summed E-state index contributed by atoms with van der Waals surface area (Å²) in [5.41, 5.74) is 5.27. The summed E-state index contributed by atoms with van der Waals surface area (Å²) in [6, 6.07) is -0.861. The van der Waals surface area contributed by atoms with Crippen molar-refractivity contribution in [2.45, 2.75) is 6.04 Å². The predicted octanol–water partition coefficient (Wildman–Crippen LogP) is -2.07. The van der Waals surface area contributed by atoms with E-state index in [0.29, 0.717) is 0 Å². The van der Waals surface area contributed by atoms with Gasteiger partial charge < -0.3 is 10.5 Å². The van der Waals surface area contributed by atoms with E-state index >= 15 is 0 Å². The number of rotatable bonds is 3. The van der Waals surface area contributed by atoms with Gasteiger partial charge in [0.25, 0.3) is 11.8 Å². The van der Waals surface area contributed by atoms with Crippen LogP contribution in [0.1, 0.15) is 0 Å². The van der Waals surface area contributed by atoms with Gasteiger partial charge in [-0.3, -0.25) is 14.5 Å². The molecule has 0 aromatic heterocycles. The van der Waals surface area contributed by atoms with Gasteiger partial charge in [-0.1, -0.05) is 0 Å². The Morgan fingerprint density at radius 3 is 2.23 bits per heavy atom. The van der Waals surface area contributed by atoms with Crippen LogP contribution < -0.4 is 5.73 Å². The molecule has 66 valence electrons. The lowest BCUT2D eigenvalue weighted by atomic mass is 10.3. The molecule has 0 saturated heterocycles. The fourth-order valence-electron chi connectivity index (χ4n) is 1.07. The van der Waals surface area contributed by atoms with Gasteiger partial charge in [-0.2, -0.15) is 0 Å². The molecule has 0 fully saturated rings. The molecule has 1 heterocycles. The fourth-order valence-corrected chi connectivity index (χ4v) is 1.35. The Kier molecular flexibility index (Phi) is 2.99. The topological polar surface area (TPSA) is 80.5 Å². The summed E-state index contributed by atoms with van der Waals surface area (Å²) in [5.74, 6) is -0.979. The molecule has 0 aromatic carbocycles. The standard InChI is InChI=1S/C7H7N2O3.Al/c8-3-5(4-10)9-6(11)1-2-7(9)12;/h1-2,5H,3,8H2;. The molecule has 0 spiro atoms. The lowest BCUT2D eigenvalue weighted by Gasteiger charge is -2.22. The summed E-state index contributed by atoms with van der Waals surface area (Å²) in [6.07, 6.45) is 2.25. The Morgan fingerprint density at radius 2 is 1.92 bits per heavy atom. The first-order chi connectivity index (χ1) is 6.07. The Hall–Kier alpha value is -0.958. The lowest BCUT2D eigenvalue weighted by molar-refractivity contribution is -0.142. The van der Waals surface area contributed by atoms with Crippen LogP contribution in [0.15, 0.2) is 12.2 Å². The third-order valence-electron chi connectivity index (χ3n) is 1.71. The van der Waals surface area contributed by atoms with Gasteiger partial charge in [-0.25, -0.2) is 0 Å². The van der Waals surface area contributed by atoms with E-state index in [-0.39, 0.29) is 11.2 Å². The highest BCUT2D eigenvalue weighted by Crippen LogP contribution is 2.08. The Bertz CT molecular complexity index is 282. The summed E-state index contributed by atoms with van der Waals surface area (Å²) in [5, 5.41) is 0. The maximum Gasteiger partial charge on any atom is 0.254 e. The van der Waals surface area contributed by atoms with Crippen molar-refractivity contribution >= 4 is 32.7 Å². The van der Waals surface area contributed by atoms with Crippen molar-refractivity contribution in [1.29, 1.82) is 0 Å². The first-order valence-corrected chi connectivity index (χ1v) is 4.20. The summed E-state index contributed by atoms with van der Waals surface area (Å²) < 4.78 is -0.368. The molecular weight excluding hydrogens is 187 g/mol. The van der Waals surface area contributed by atoms with Crippen molar-refractivity contribution in [1.82, 2.24) is 4.90 Å². The van der Waals surface area contributed by atoms with Crippen LogP contribution in [0.4, 0.5) is 0 Å². The van der Waals surface area contributed by atoms with Gasteiger partial charge in [0.05, 0.1) is 6.04 Å². The average molecular weight is 194 g/mol. The number of hydrogen-bond donors (Lipinski definition) is 1. The smallest absolute Gasteiger partial charge is 0.254 e. The number of amides is 2. The average Bonchev–Trinajstić information content (AvgIpc) is 2.36. The molecule has 0 saturated carbocycles. The summed E-state index contributed by atoms with van der Waals surface area (Å²) in [4.78, 5) is 34.0. The van der Waals surface area contributed by atoms with Crippen LogP contribution in [0.2, 0.25) is 0 Å². The molecule has 2 radical (unpaired) electrons. The van der Waals surface area contributed by atoms with Crippen LogP contribution in [-0.4, -0.2) is 50.2 Å². The van der Waals surface area contributed by atoms with Gasteiger partial charge in [-0.15, -0.1) is 0 Å². The number of carbonyl (C=O) groups excluding carboxylic acids is 3. The van der Waals surface area contributed by atoms with E-state index in [4.69, 9.17) is 5.73 Å². The van der Waals surface area contributed by atoms with Crippen molar-refractivity contribution in [3.63, 3.8) is 0 Å². The van der Waals surface area contributed by atoms with Crippen molar-refractivity contribution < 1.29 is 14.4 Å². The van der Waals surface area contributed by atoms with E-state index in [9.17, 15) is 14.4 Å². The summed E-state index contributed by atoms with van der Waals surface area (Å²) >= 11 is 1.91. The highest BCUT2D eigenvalue weighted by Gasteiger charge is 2.31. The molecule has 1 rings (SSSR count). The molecule has 1 aliphatic rings. The maximum absolute atomic E-state index is 11.1. The highest BCUT2D eigenvalue weighted by molar-refractivity contribution is 6.59. The second kappa shape index (κ2) is 3.83. The van der Waals surface area contributed by atoms with Gasteiger partial charge in [0.2, 0.25) is 16.3 Å². The molecule has 0 aromatic rings. The molecule has 13 heavy (non-hydrogen) atoms. The molecular formula is C7H7AlN2O3. The summed E-state index contributed by atoms with van der Waals surface area (Å²) in [7, 11) is 0. The van der Waals surface area contributed by atoms with Gasteiger partial charge >= 0.3 is 0 Å². The highest BCUT2D eigenvalue weighted by atomic mass is 27.0. The normalized spacial score (nSPS) is 18.1. The van der Waals surface area contributed by atoms with Crippen LogP contribution >= 0.6 is 0 Å². The number of imide groups is 1. The molecule has 0 aliphatic carbocycles. The fraction of sp³-hybridized carbons (Fsp3) is 0.286. The second-order valence-corrected chi connectivity index (χ2v) is 3.10. The van der Waals surface area contributed by atoms with Crippen LogP contribution in [0.25, 0.3) is 0 Å². The molecule has 1 atom stereocenters. The molecule has 0 bridgehead atoms. The van der Waals surface area contributed by atoms with E-state index < -0.39 is 17.9 Å². The molecule has 6 heteroatoms. The molecule has 1 unspecified atom stereocenters. The lowest BCUT2D eigenvalue weighted by Crippen LogP contribution is -2.49. The van der Waals surface area contributed by atoms with E-state index in [1.54, 1.807) is 0 Å². The molecule has 1 aliphatic heterocycles. The third kappa shape index (κ3) is 1.86. The molecule has 5 nitrogen and oxygen atoms in total. The van der Waals surface area contributed by atoms with Gasteiger partial charge in [-0.05, 0) is 0 Å². The predicted molar refractivity (Wildman–Crippen MR) is 44.6 cm³/mol. The number of nitrogens with zero attached hydrogens (tertiary/aromatic N) is 1. The van der Waals surface area contributed by atoms with E-state index in [2.05, 4.69) is 0 Å². The number of nitrogens with two attached hydrogens (primary N) is 1. The zero-order valence-corrected chi connectivity index (χ0v) is 7.92. The number of hydrogen-bond acceptors (Lipinski definition) is 4. The monoisotopic (exact) mass is 194 g/mol. The van der Waals surface area contributed by atoms with Crippen LogP contribution in [-0.2, 0) is 14.4 Å². The third-order valence-corrected chi connectivity index (χ3v) is 2.09. The SMILES string of the molecule is NCC([C](=O)[Al])N1C(=O)C=CC1=O. The van der Waals surface area contributed by atoms with Crippen LogP contribution in [0.3, 0.4) is 0 Å². The van der Waals surface area contributed by atoms with Gasteiger partial charge in [0.15, 0.2) is 0 Å². The first-order valence-electron chi connectivity index (χ1n) is 3.62. The van der Waals surface area contributed by atoms with Crippen molar-refractivity contribution in [3.8, 4) is 0 Å². The minimum absolute atomic E-state index is 0.0541. The van der Waals surface area contributed by atoms with Crippen molar-refractivity contribution in [2.24, 2.45) is 5.73 Å². The molecule has 2 amide bonds. The first kappa shape index (κ1) is 10.1. The van der Waals surface area contributed by atoms with Crippen molar-refractivity contribution in [3.05, 3.63) is 12.2 Å². The molecule has 2 N–H and O–H groups in total. The van der Waals surface area contributed by atoms with Gasteiger partial charge in [0, 0.05) is 23.3 Å². The van der Waals surface area contributed by atoms with E-state index in [0.717, 1.165) is 17.1 Å². The van der Waals surface area contributed by atoms with E-state index in [1.807, 2.05) is 16.3 Å². The van der Waals surface area contributed by atoms with Crippen molar-refractivity contribution in [2.75, 3.05) is 6.54 Å². The van der Waals surface area contributed by atoms with E-state index in [1.165, 1.54) is 0 Å². The maximum atomic E-state index is 11.1. The number of carbonyl (C=O) groups is 3. The minimum Gasteiger partial charge on any atom is -0.328 e. The van der Waals surface area contributed by atoms with Crippen LogP contribution in [0, 0.1) is 0 Å². The Morgan fingerprint density at radius 1 is 1.46 bits per heavy atom.